The van der Waals surface area contributed by atoms with Gasteiger partial charge in [-0.05, 0) is 54.1 Å². The van der Waals surface area contributed by atoms with Crippen LogP contribution in [-0.4, -0.2) is 48.2 Å². The first-order valence-corrected chi connectivity index (χ1v) is 11.9. The lowest BCUT2D eigenvalue weighted by Crippen LogP contribution is -2.29. The molecule has 0 aliphatic carbocycles. The molecule has 5 rings (SSSR count). The molecule has 2 heterocycles. The Balaban J connectivity index is 1.71. The Morgan fingerprint density at radius 3 is 2.32 bits per heavy atom. The first kappa shape index (κ1) is 24.1. The van der Waals surface area contributed by atoms with Crippen LogP contribution >= 0.6 is 11.3 Å². The van der Waals surface area contributed by atoms with Crippen molar-refractivity contribution in [3.8, 4) is 23.0 Å². The summed E-state index contributed by atoms with van der Waals surface area (Å²) in [6, 6.07) is 15.1. The number of carbonyl (C=O) groups excluding carboxylic acids is 2. The van der Waals surface area contributed by atoms with Crippen LogP contribution in [0.5, 0.6) is 23.0 Å². The molecule has 1 saturated heterocycles. The van der Waals surface area contributed by atoms with Crippen LogP contribution in [0.1, 0.15) is 17.2 Å². The Kier molecular flexibility index (Phi) is 6.18. The van der Waals surface area contributed by atoms with E-state index in [0.717, 1.165) is 4.70 Å². The predicted octanol–water partition coefficient (Wildman–Crippen LogP) is 4.65. The summed E-state index contributed by atoms with van der Waals surface area (Å²) >= 11 is 1.22. The van der Waals surface area contributed by atoms with Crippen molar-refractivity contribution in [1.82, 2.24) is 4.98 Å². The Labute approximate surface area is 215 Å². The van der Waals surface area contributed by atoms with E-state index < -0.39 is 17.7 Å². The zero-order valence-electron chi connectivity index (χ0n) is 20.1. The third kappa shape index (κ3) is 4.11. The first-order chi connectivity index (χ1) is 17.9. The number of ether oxygens (including phenoxy) is 3. The Morgan fingerprint density at radius 2 is 1.65 bits per heavy atom. The third-order valence-corrected chi connectivity index (χ3v) is 7.12. The number of aliphatic hydroxyl groups excluding tert-OH is 1. The number of benzene rings is 3. The number of hydrogen-bond donors (Lipinski definition) is 2. The van der Waals surface area contributed by atoms with Gasteiger partial charge >= 0.3 is 5.91 Å². The van der Waals surface area contributed by atoms with Crippen molar-refractivity contribution >= 4 is 44.1 Å². The van der Waals surface area contributed by atoms with Crippen LogP contribution in [0.15, 0.2) is 66.2 Å². The van der Waals surface area contributed by atoms with E-state index in [1.807, 2.05) is 0 Å². The summed E-state index contributed by atoms with van der Waals surface area (Å²) in [7, 11) is 4.50. The molecule has 1 fully saturated rings. The SMILES string of the molecule is COc1ccc2nc(N3C(=O)C(=O)/C(=C(/O)c4ccc(OC)c(OC)c4)C3c3ccc(O)cc3)sc2c1. The highest BCUT2D eigenvalue weighted by Crippen LogP contribution is 2.45. The van der Waals surface area contributed by atoms with Gasteiger partial charge in [-0.25, -0.2) is 4.98 Å². The molecule has 1 unspecified atom stereocenters. The number of phenolic OH excluding ortho intramolecular Hbond substituents is 1. The van der Waals surface area contributed by atoms with Gasteiger partial charge in [-0.2, -0.15) is 0 Å². The van der Waals surface area contributed by atoms with Gasteiger partial charge in [-0.1, -0.05) is 23.5 Å². The highest BCUT2D eigenvalue weighted by Gasteiger charge is 2.48. The minimum absolute atomic E-state index is 0.0210. The molecule has 37 heavy (non-hydrogen) atoms. The summed E-state index contributed by atoms with van der Waals surface area (Å²) in [4.78, 5) is 32.7. The Morgan fingerprint density at radius 1 is 0.919 bits per heavy atom. The van der Waals surface area contributed by atoms with Crippen LogP contribution in [0.3, 0.4) is 0 Å². The van der Waals surface area contributed by atoms with Crippen molar-refractivity contribution in [3.63, 3.8) is 0 Å². The summed E-state index contributed by atoms with van der Waals surface area (Å²) < 4.78 is 16.7. The number of ketones is 1. The van der Waals surface area contributed by atoms with E-state index in [2.05, 4.69) is 4.98 Å². The van der Waals surface area contributed by atoms with Crippen LogP contribution in [-0.2, 0) is 9.59 Å². The van der Waals surface area contributed by atoms with E-state index in [4.69, 9.17) is 14.2 Å². The number of aliphatic hydroxyl groups is 1. The highest BCUT2D eigenvalue weighted by atomic mass is 32.1. The fourth-order valence-electron chi connectivity index (χ4n) is 4.26. The molecule has 0 bridgehead atoms. The molecule has 0 saturated carbocycles. The fraction of sp³-hybridized carbons (Fsp3) is 0.148. The second-order valence-electron chi connectivity index (χ2n) is 8.16. The van der Waals surface area contributed by atoms with Gasteiger partial charge in [0.1, 0.15) is 17.3 Å². The largest absolute Gasteiger partial charge is 0.508 e. The van der Waals surface area contributed by atoms with E-state index in [0.29, 0.717) is 28.3 Å². The van der Waals surface area contributed by atoms with Gasteiger partial charge < -0.3 is 24.4 Å². The molecule has 9 nitrogen and oxygen atoms in total. The lowest BCUT2D eigenvalue weighted by molar-refractivity contribution is -0.132. The Hall–Kier alpha value is -4.57. The number of carbonyl (C=O) groups is 2. The highest BCUT2D eigenvalue weighted by molar-refractivity contribution is 7.22. The van der Waals surface area contributed by atoms with Gasteiger partial charge in [-0.15, -0.1) is 0 Å². The van der Waals surface area contributed by atoms with Crippen LogP contribution in [0.25, 0.3) is 16.0 Å². The van der Waals surface area contributed by atoms with Crippen LogP contribution in [0.4, 0.5) is 5.13 Å². The number of aromatic hydroxyl groups is 1. The molecule has 3 aromatic carbocycles. The zero-order valence-corrected chi connectivity index (χ0v) is 20.9. The molecule has 1 aromatic heterocycles. The standard InChI is InChI=1S/C27H22N2O7S/c1-34-17-9-10-18-21(13-17)37-27(28-18)29-23(14-4-7-16(30)8-5-14)22(25(32)26(29)33)24(31)15-6-11-19(35-2)20(12-15)36-3/h4-13,23,30-31H,1-3H3/b24-22+. The maximum Gasteiger partial charge on any atom is 0.301 e. The molecule has 188 valence electrons. The number of anilines is 1. The van der Waals surface area contributed by atoms with Crippen molar-refractivity contribution in [2.24, 2.45) is 0 Å². The number of thiazole rings is 1. The molecule has 1 aliphatic heterocycles. The Bertz CT molecular complexity index is 1560. The number of fused-ring (bicyclic) bond motifs is 1. The average molecular weight is 519 g/mol. The normalized spacial score (nSPS) is 16.8. The monoisotopic (exact) mass is 518 g/mol. The van der Waals surface area contributed by atoms with Crippen LogP contribution in [0, 0.1) is 0 Å². The lowest BCUT2D eigenvalue weighted by Gasteiger charge is -2.23. The van der Waals surface area contributed by atoms with Gasteiger partial charge in [0.15, 0.2) is 16.6 Å². The van der Waals surface area contributed by atoms with Crippen LogP contribution in [0.2, 0.25) is 0 Å². The average Bonchev–Trinajstić information content (AvgIpc) is 3.45. The predicted molar refractivity (Wildman–Crippen MR) is 139 cm³/mol. The van der Waals surface area contributed by atoms with Crippen LogP contribution < -0.4 is 19.1 Å². The number of amides is 1. The molecule has 2 N–H and O–H groups in total. The molecule has 4 aromatic rings. The fourth-order valence-corrected chi connectivity index (χ4v) is 5.28. The number of aromatic nitrogens is 1. The van der Waals surface area contributed by atoms with Gasteiger partial charge in [0.05, 0.1) is 43.2 Å². The maximum absolute atomic E-state index is 13.4. The van der Waals surface area contributed by atoms with E-state index in [9.17, 15) is 19.8 Å². The van der Waals surface area contributed by atoms with Gasteiger partial charge in [-0.3, -0.25) is 14.5 Å². The molecule has 10 heteroatoms. The smallest absolute Gasteiger partial charge is 0.301 e. The van der Waals surface area contributed by atoms with Crippen molar-refractivity contribution in [1.29, 1.82) is 0 Å². The summed E-state index contributed by atoms with van der Waals surface area (Å²) in [6.07, 6.45) is 0. The number of Topliss-reactive ketones (excluding diaryl/α,β-unsaturated/α-hetero) is 1. The summed E-state index contributed by atoms with van der Waals surface area (Å²) in [5, 5.41) is 21.5. The number of phenols is 1. The van der Waals surface area contributed by atoms with Crippen molar-refractivity contribution < 1.29 is 34.0 Å². The van der Waals surface area contributed by atoms with E-state index >= 15 is 0 Å². The van der Waals surface area contributed by atoms with Crippen molar-refractivity contribution in [2.45, 2.75) is 6.04 Å². The maximum atomic E-state index is 13.4. The summed E-state index contributed by atoms with van der Waals surface area (Å²) in [5.41, 5.74) is 1.30. The van der Waals surface area contributed by atoms with Gasteiger partial charge in [0.25, 0.3) is 5.78 Å². The second kappa shape index (κ2) is 9.47. The van der Waals surface area contributed by atoms with Crippen molar-refractivity contribution in [2.75, 3.05) is 26.2 Å². The minimum atomic E-state index is -0.990. The molecular weight excluding hydrogens is 496 g/mol. The molecular formula is C27H22N2O7S. The summed E-state index contributed by atoms with van der Waals surface area (Å²) in [6.45, 7) is 0. The van der Waals surface area contributed by atoms with Gasteiger partial charge in [0.2, 0.25) is 0 Å². The quantitative estimate of drug-likeness (QED) is 0.215. The number of rotatable bonds is 6. The van der Waals surface area contributed by atoms with E-state index in [-0.39, 0.29) is 27.8 Å². The number of hydrogen-bond acceptors (Lipinski definition) is 9. The molecule has 1 aliphatic rings. The molecule has 0 spiro atoms. The molecule has 1 atom stereocenters. The second-order valence-corrected chi connectivity index (χ2v) is 9.17. The van der Waals surface area contributed by atoms with Gasteiger partial charge in [0, 0.05) is 5.56 Å². The lowest BCUT2D eigenvalue weighted by atomic mass is 9.95. The van der Waals surface area contributed by atoms with E-state index in [1.165, 1.54) is 48.7 Å². The number of nitrogens with zero attached hydrogens (tertiary/aromatic N) is 2. The summed E-state index contributed by atoms with van der Waals surface area (Å²) in [5.74, 6) is -0.612. The molecule has 0 radical (unpaired) electrons. The van der Waals surface area contributed by atoms with E-state index in [1.54, 1.807) is 49.6 Å². The minimum Gasteiger partial charge on any atom is -0.508 e. The topological polar surface area (TPSA) is 118 Å². The van der Waals surface area contributed by atoms with Crippen molar-refractivity contribution in [3.05, 3.63) is 77.4 Å². The zero-order chi connectivity index (χ0) is 26.3. The first-order valence-electron chi connectivity index (χ1n) is 11.1. The molecule has 1 amide bonds. The number of methoxy groups -OCH3 is 3. The third-order valence-electron chi connectivity index (χ3n) is 6.10.